The van der Waals surface area contributed by atoms with Crippen LogP contribution >= 0.6 is 0 Å². The lowest BCUT2D eigenvalue weighted by molar-refractivity contribution is -0.0363. The molecule has 1 N–H and O–H groups in total. The van der Waals surface area contributed by atoms with Crippen LogP contribution in [0, 0.1) is 11.3 Å². The number of carboxylic acid groups (broad SMARTS) is 1. The smallest absolute Gasteiger partial charge is 0.490 e. The fourth-order valence-corrected chi connectivity index (χ4v) is 4.81. The highest BCUT2D eigenvalue weighted by Crippen LogP contribution is 2.39. The maximum absolute atomic E-state index is 10.6. The lowest BCUT2D eigenvalue weighted by Crippen LogP contribution is -2.52. The number of ether oxygens (including phenoxy) is 2. The molecule has 4 rings (SSSR count). The summed E-state index contributed by atoms with van der Waals surface area (Å²) in [7, 11) is 0. The Balaban J connectivity index is 1.32. The number of nitrogens with zero attached hydrogens (tertiary/aromatic N) is 1. The Kier molecular flexibility index (Phi) is 5.92. The Labute approximate surface area is 179 Å². The van der Waals surface area contributed by atoms with Crippen molar-refractivity contribution in [2.45, 2.75) is 65.2 Å². The van der Waals surface area contributed by atoms with E-state index in [1.165, 1.54) is 29.2 Å². The molecule has 1 aliphatic carbocycles. The van der Waals surface area contributed by atoms with Crippen molar-refractivity contribution in [1.29, 1.82) is 0 Å². The number of hydrogen-bond acceptors (Lipinski definition) is 4. The van der Waals surface area contributed by atoms with Crippen LogP contribution in [0.5, 0.6) is 5.75 Å². The topological polar surface area (TPSA) is 59.0 Å². The molecule has 0 atom stereocenters. The number of benzene rings is 2. The highest BCUT2D eigenvalue weighted by atomic mass is 16.7. The molecular formula is C25H33NO4. The minimum absolute atomic E-state index is 0.193. The van der Waals surface area contributed by atoms with E-state index in [0.29, 0.717) is 24.6 Å². The second-order valence-corrected chi connectivity index (χ2v) is 10.0. The first kappa shape index (κ1) is 21.0. The molecule has 2 aromatic rings. The van der Waals surface area contributed by atoms with Crippen LogP contribution in [0.25, 0.3) is 10.8 Å². The zero-order valence-corrected chi connectivity index (χ0v) is 18.3. The van der Waals surface area contributed by atoms with Gasteiger partial charge in [0.15, 0.2) is 0 Å². The van der Waals surface area contributed by atoms with Crippen LogP contribution in [0.1, 0.15) is 52.0 Å². The standard InChI is InChI=1S/C25H33NO4/c1-25(2,3)20-7-10-21(11-8-20)29-22-9-6-18-12-17(4-5-19(18)13-22)14-26-15-23(16-26)30-24(27)28/h4-6,9,12-13,20-21,23H,7-8,10-11,14-16H2,1-3H3,(H,27,28)/t20-,21-. The van der Waals surface area contributed by atoms with E-state index in [1.54, 1.807) is 0 Å². The molecule has 5 nitrogen and oxygen atoms in total. The fraction of sp³-hybridized carbons (Fsp3) is 0.560. The summed E-state index contributed by atoms with van der Waals surface area (Å²) in [5.41, 5.74) is 1.62. The molecule has 30 heavy (non-hydrogen) atoms. The molecule has 2 fully saturated rings. The van der Waals surface area contributed by atoms with Gasteiger partial charge < -0.3 is 14.6 Å². The molecule has 1 saturated heterocycles. The maximum Gasteiger partial charge on any atom is 0.506 e. The van der Waals surface area contributed by atoms with Crippen LogP contribution in [0.15, 0.2) is 36.4 Å². The number of hydrogen-bond donors (Lipinski definition) is 1. The quantitative estimate of drug-likeness (QED) is 0.639. The summed E-state index contributed by atoms with van der Waals surface area (Å²) in [5.74, 6) is 1.76. The molecule has 0 bridgehead atoms. The van der Waals surface area contributed by atoms with E-state index in [0.717, 1.165) is 31.1 Å². The van der Waals surface area contributed by atoms with Crippen molar-refractivity contribution in [2.24, 2.45) is 11.3 Å². The highest BCUT2D eigenvalue weighted by Gasteiger charge is 2.31. The molecule has 0 unspecified atom stereocenters. The van der Waals surface area contributed by atoms with Crippen LogP contribution in [0.3, 0.4) is 0 Å². The van der Waals surface area contributed by atoms with E-state index in [1.807, 2.05) is 0 Å². The average Bonchev–Trinajstić information content (AvgIpc) is 2.66. The molecule has 5 heteroatoms. The van der Waals surface area contributed by atoms with Gasteiger partial charge in [0, 0.05) is 19.6 Å². The van der Waals surface area contributed by atoms with Crippen molar-refractivity contribution < 1.29 is 19.4 Å². The zero-order chi connectivity index (χ0) is 21.3. The van der Waals surface area contributed by atoms with Crippen molar-refractivity contribution in [3.63, 3.8) is 0 Å². The zero-order valence-electron chi connectivity index (χ0n) is 18.3. The summed E-state index contributed by atoms with van der Waals surface area (Å²) in [6.07, 6.45) is 3.72. The minimum Gasteiger partial charge on any atom is -0.490 e. The third-order valence-electron chi connectivity index (χ3n) is 6.68. The van der Waals surface area contributed by atoms with E-state index in [9.17, 15) is 4.79 Å². The Bertz CT molecular complexity index is 890. The SMILES string of the molecule is CC(C)(C)[C@H]1CC[C@H](Oc2ccc3cc(CN4CC(OC(=O)O)C4)ccc3c2)CC1. The molecule has 1 aliphatic heterocycles. The molecule has 0 amide bonds. The largest absolute Gasteiger partial charge is 0.506 e. The van der Waals surface area contributed by atoms with Gasteiger partial charge in [-0.05, 0) is 71.6 Å². The molecule has 1 saturated carbocycles. The lowest BCUT2D eigenvalue weighted by Gasteiger charge is -2.37. The van der Waals surface area contributed by atoms with Crippen LogP contribution in [-0.4, -0.2) is 41.5 Å². The van der Waals surface area contributed by atoms with Crippen LogP contribution in [-0.2, 0) is 11.3 Å². The Morgan fingerprint density at radius 1 is 1.00 bits per heavy atom. The molecule has 0 spiro atoms. The van der Waals surface area contributed by atoms with Crippen LogP contribution in [0.2, 0.25) is 0 Å². The first-order chi connectivity index (χ1) is 14.3. The molecule has 0 radical (unpaired) electrons. The number of rotatable bonds is 5. The van der Waals surface area contributed by atoms with E-state index >= 15 is 0 Å². The Morgan fingerprint density at radius 3 is 2.33 bits per heavy atom. The number of fused-ring (bicyclic) bond motifs is 1. The van der Waals surface area contributed by atoms with Gasteiger partial charge in [0.25, 0.3) is 0 Å². The second-order valence-electron chi connectivity index (χ2n) is 10.0. The van der Waals surface area contributed by atoms with Crippen molar-refractivity contribution >= 4 is 16.9 Å². The predicted octanol–water partition coefficient (Wildman–Crippen LogP) is 5.70. The van der Waals surface area contributed by atoms with Crippen molar-refractivity contribution in [1.82, 2.24) is 4.90 Å². The van der Waals surface area contributed by atoms with E-state index in [4.69, 9.17) is 14.6 Å². The summed E-state index contributed by atoms with van der Waals surface area (Å²) in [4.78, 5) is 12.8. The van der Waals surface area contributed by atoms with E-state index in [-0.39, 0.29) is 6.10 Å². The third-order valence-corrected chi connectivity index (χ3v) is 6.68. The Morgan fingerprint density at radius 2 is 1.67 bits per heavy atom. The van der Waals surface area contributed by atoms with Crippen LogP contribution in [0.4, 0.5) is 4.79 Å². The van der Waals surface area contributed by atoms with Crippen molar-refractivity contribution in [2.75, 3.05) is 13.1 Å². The lowest BCUT2D eigenvalue weighted by atomic mass is 9.72. The monoisotopic (exact) mass is 411 g/mol. The molecular weight excluding hydrogens is 378 g/mol. The summed E-state index contributed by atoms with van der Waals surface area (Å²) in [6.45, 7) is 9.18. The first-order valence-electron chi connectivity index (χ1n) is 11.1. The Hall–Kier alpha value is -2.27. The van der Waals surface area contributed by atoms with Crippen LogP contribution < -0.4 is 4.74 Å². The van der Waals surface area contributed by atoms with Gasteiger partial charge in [0.2, 0.25) is 0 Å². The van der Waals surface area contributed by atoms with Gasteiger partial charge in [0.1, 0.15) is 11.9 Å². The minimum atomic E-state index is -1.19. The molecule has 0 aromatic heterocycles. The molecule has 162 valence electrons. The molecule has 2 aliphatic rings. The molecule has 2 aromatic carbocycles. The summed E-state index contributed by atoms with van der Waals surface area (Å²) >= 11 is 0. The van der Waals surface area contributed by atoms with Gasteiger partial charge in [-0.1, -0.05) is 39.0 Å². The van der Waals surface area contributed by atoms with E-state index in [2.05, 4.69) is 62.1 Å². The van der Waals surface area contributed by atoms with Crippen molar-refractivity contribution in [3.05, 3.63) is 42.0 Å². The number of likely N-dealkylation sites (tertiary alicyclic amines) is 1. The van der Waals surface area contributed by atoms with Gasteiger partial charge in [-0.25, -0.2) is 4.79 Å². The molecule has 1 heterocycles. The maximum atomic E-state index is 10.6. The summed E-state index contributed by atoms with van der Waals surface area (Å²) < 4.78 is 11.1. The summed E-state index contributed by atoms with van der Waals surface area (Å²) in [5, 5.41) is 11.1. The van der Waals surface area contributed by atoms with E-state index < -0.39 is 6.16 Å². The van der Waals surface area contributed by atoms with Gasteiger partial charge in [0.05, 0.1) is 6.10 Å². The van der Waals surface area contributed by atoms with Crippen molar-refractivity contribution in [3.8, 4) is 5.75 Å². The first-order valence-corrected chi connectivity index (χ1v) is 11.1. The number of carbonyl (C=O) groups is 1. The van der Waals surface area contributed by atoms with Gasteiger partial charge in [-0.3, -0.25) is 4.90 Å². The average molecular weight is 412 g/mol. The predicted molar refractivity (Wildman–Crippen MR) is 118 cm³/mol. The summed E-state index contributed by atoms with van der Waals surface area (Å²) in [6, 6.07) is 12.9. The van der Waals surface area contributed by atoms with Gasteiger partial charge in [-0.15, -0.1) is 0 Å². The highest BCUT2D eigenvalue weighted by molar-refractivity contribution is 5.84. The van der Waals surface area contributed by atoms with Gasteiger partial charge >= 0.3 is 6.16 Å². The fourth-order valence-electron chi connectivity index (χ4n) is 4.81. The van der Waals surface area contributed by atoms with Gasteiger partial charge in [-0.2, -0.15) is 0 Å². The third kappa shape index (κ3) is 5.07. The normalized spacial score (nSPS) is 23.2. The second kappa shape index (κ2) is 8.46.